The fourth-order valence-corrected chi connectivity index (χ4v) is 4.07. The number of nitrogens with zero attached hydrogens (tertiary/aromatic N) is 1. The molecule has 6 heteroatoms. The third-order valence-corrected chi connectivity index (χ3v) is 5.52. The molecular weight excluding hydrogens is 344 g/mol. The van der Waals surface area contributed by atoms with Gasteiger partial charge >= 0.3 is 0 Å². The monoisotopic (exact) mass is 370 g/mol. The van der Waals surface area contributed by atoms with Crippen LogP contribution in [-0.4, -0.2) is 42.7 Å². The van der Waals surface area contributed by atoms with Gasteiger partial charge in [-0.3, -0.25) is 9.69 Å². The van der Waals surface area contributed by atoms with Gasteiger partial charge in [0.2, 0.25) is 5.91 Å². The third kappa shape index (κ3) is 4.17. The van der Waals surface area contributed by atoms with E-state index in [4.69, 9.17) is 13.9 Å². The van der Waals surface area contributed by atoms with E-state index < -0.39 is 0 Å². The van der Waals surface area contributed by atoms with E-state index in [-0.39, 0.29) is 18.1 Å². The zero-order valence-electron chi connectivity index (χ0n) is 15.6. The number of furan rings is 1. The number of hydrogen-bond acceptors (Lipinski definition) is 5. The number of hydrogen-bond donors (Lipinski definition) is 1. The summed E-state index contributed by atoms with van der Waals surface area (Å²) in [5.74, 6) is 1.59. The van der Waals surface area contributed by atoms with Crippen molar-refractivity contribution in [2.45, 2.75) is 50.6 Å². The van der Waals surface area contributed by atoms with E-state index in [1.54, 1.807) is 13.4 Å². The fourth-order valence-electron chi connectivity index (χ4n) is 4.07. The zero-order valence-corrected chi connectivity index (χ0v) is 15.6. The Labute approximate surface area is 159 Å². The van der Waals surface area contributed by atoms with E-state index in [2.05, 4.69) is 22.3 Å². The molecule has 0 bridgehead atoms. The Morgan fingerprint density at radius 1 is 1.22 bits per heavy atom. The Bertz CT molecular complexity index is 744. The molecular formula is C21H26N2O4. The van der Waals surface area contributed by atoms with Gasteiger partial charge in [-0.25, -0.2) is 0 Å². The van der Waals surface area contributed by atoms with Gasteiger partial charge in [-0.2, -0.15) is 0 Å². The van der Waals surface area contributed by atoms with E-state index in [0.717, 1.165) is 43.9 Å². The fraction of sp³-hybridized carbons (Fsp3) is 0.476. The summed E-state index contributed by atoms with van der Waals surface area (Å²) in [5.41, 5.74) is 1.27. The number of likely N-dealkylation sites (tertiary alicyclic amines) is 1. The minimum Gasteiger partial charge on any atom is -0.497 e. The molecule has 1 aromatic carbocycles. The van der Waals surface area contributed by atoms with E-state index in [1.165, 1.54) is 5.56 Å². The van der Waals surface area contributed by atoms with Gasteiger partial charge in [0, 0.05) is 19.1 Å². The molecule has 3 heterocycles. The topological polar surface area (TPSA) is 63.9 Å². The molecule has 0 aliphatic carbocycles. The van der Waals surface area contributed by atoms with Gasteiger partial charge in [-0.1, -0.05) is 12.1 Å². The lowest BCUT2D eigenvalue weighted by Gasteiger charge is -2.35. The minimum absolute atomic E-state index is 0.0431. The largest absolute Gasteiger partial charge is 0.497 e. The summed E-state index contributed by atoms with van der Waals surface area (Å²) in [6.07, 6.45) is 4.10. The SMILES string of the molecule is COc1ccc(CN2CC[C@H]3O[C@@H](C(=O)NCc4ccco4)CC[C@H]32)cc1. The van der Waals surface area contributed by atoms with Crippen LogP contribution >= 0.6 is 0 Å². The second-order valence-electron chi connectivity index (χ2n) is 7.21. The Morgan fingerprint density at radius 3 is 2.81 bits per heavy atom. The van der Waals surface area contributed by atoms with Crippen molar-refractivity contribution in [3.8, 4) is 5.75 Å². The van der Waals surface area contributed by atoms with E-state index in [9.17, 15) is 4.79 Å². The van der Waals surface area contributed by atoms with Gasteiger partial charge < -0.3 is 19.2 Å². The predicted octanol–water partition coefficient (Wildman–Crippen LogP) is 2.73. The molecule has 1 aromatic heterocycles. The standard InChI is InChI=1S/C21H26N2O4/c1-25-16-6-4-15(5-7-16)14-23-11-10-19-18(23)8-9-20(27-19)21(24)22-13-17-3-2-12-26-17/h2-7,12,18-20H,8-11,13-14H2,1H3,(H,22,24)/t18-,19-,20-/m1/s1. The van der Waals surface area contributed by atoms with Crippen LogP contribution < -0.4 is 10.1 Å². The van der Waals surface area contributed by atoms with Crippen molar-refractivity contribution in [1.29, 1.82) is 0 Å². The number of carbonyl (C=O) groups excluding carboxylic acids is 1. The second-order valence-corrected chi connectivity index (χ2v) is 7.21. The van der Waals surface area contributed by atoms with Crippen LogP contribution in [0.15, 0.2) is 47.1 Å². The Morgan fingerprint density at radius 2 is 2.07 bits per heavy atom. The van der Waals surface area contributed by atoms with Crippen molar-refractivity contribution in [1.82, 2.24) is 10.2 Å². The summed E-state index contributed by atoms with van der Waals surface area (Å²) in [5, 5.41) is 2.91. The molecule has 6 nitrogen and oxygen atoms in total. The number of rotatable bonds is 6. The lowest BCUT2D eigenvalue weighted by Crippen LogP contribution is -2.47. The Balaban J connectivity index is 1.29. The van der Waals surface area contributed by atoms with Crippen molar-refractivity contribution in [3.05, 3.63) is 54.0 Å². The smallest absolute Gasteiger partial charge is 0.249 e. The molecule has 3 atom stereocenters. The summed E-state index contributed by atoms with van der Waals surface area (Å²) < 4.78 is 16.6. The molecule has 1 amide bonds. The first kappa shape index (κ1) is 18.1. The molecule has 1 N–H and O–H groups in total. The number of fused-ring (bicyclic) bond motifs is 1. The van der Waals surface area contributed by atoms with Crippen molar-refractivity contribution in [2.75, 3.05) is 13.7 Å². The van der Waals surface area contributed by atoms with Crippen LogP contribution in [0.3, 0.4) is 0 Å². The lowest BCUT2D eigenvalue weighted by molar-refractivity contribution is -0.144. The van der Waals surface area contributed by atoms with Gasteiger partial charge in [0.05, 0.1) is 26.0 Å². The molecule has 4 rings (SSSR count). The molecule has 0 spiro atoms. The maximum Gasteiger partial charge on any atom is 0.249 e. The number of ether oxygens (including phenoxy) is 2. The maximum atomic E-state index is 12.4. The van der Waals surface area contributed by atoms with Gasteiger partial charge in [-0.05, 0) is 49.1 Å². The van der Waals surface area contributed by atoms with Crippen LogP contribution in [0, 0.1) is 0 Å². The lowest BCUT2D eigenvalue weighted by atomic mass is 9.98. The Kier molecular flexibility index (Phi) is 5.45. The van der Waals surface area contributed by atoms with Crippen LogP contribution in [0.2, 0.25) is 0 Å². The zero-order chi connectivity index (χ0) is 18.6. The molecule has 2 aliphatic rings. The average molecular weight is 370 g/mol. The molecule has 144 valence electrons. The molecule has 2 aromatic rings. The van der Waals surface area contributed by atoms with Crippen LogP contribution in [0.25, 0.3) is 0 Å². The van der Waals surface area contributed by atoms with E-state index in [1.807, 2.05) is 24.3 Å². The molecule has 2 fully saturated rings. The number of benzene rings is 1. The summed E-state index contributed by atoms with van der Waals surface area (Å²) in [4.78, 5) is 14.9. The van der Waals surface area contributed by atoms with Crippen LogP contribution in [0.4, 0.5) is 0 Å². The summed E-state index contributed by atoms with van der Waals surface area (Å²) >= 11 is 0. The van der Waals surface area contributed by atoms with Crippen molar-refractivity contribution >= 4 is 5.91 Å². The normalized spacial score (nSPS) is 25.1. The van der Waals surface area contributed by atoms with E-state index >= 15 is 0 Å². The second kappa shape index (κ2) is 8.15. The van der Waals surface area contributed by atoms with Gasteiger partial charge in [0.25, 0.3) is 0 Å². The summed E-state index contributed by atoms with van der Waals surface area (Å²) in [6.45, 7) is 2.31. The Hall–Kier alpha value is -2.31. The first-order chi connectivity index (χ1) is 13.2. The van der Waals surface area contributed by atoms with Crippen molar-refractivity contribution < 1.29 is 18.7 Å². The van der Waals surface area contributed by atoms with Crippen molar-refractivity contribution in [3.63, 3.8) is 0 Å². The molecule has 0 saturated carbocycles. The number of carbonyl (C=O) groups is 1. The predicted molar refractivity (Wildman–Crippen MR) is 100 cm³/mol. The quantitative estimate of drug-likeness (QED) is 0.847. The molecule has 27 heavy (non-hydrogen) atoms. The highest BCUT2D eigenvalue weighted by molar-refractivity contribution is 5.80. The van der Waals surface area contributed by atoms with Crippen LogP contribution in [0.5, 0.6) is 5.75 Å². The van der Waals surface area contributed by atoms with Crippen LogP contribution in [-0.2, 0) is 22.6 Å². The van der Waals surface area contributed by atoms with Gasteiger partial charge in [-0.15, -0.1) is 0 Å². The molecule has 2 saturated heterocycles. The highest BCUT2D eigenvalue weighted by Crippen LogP contribution is 2.32. The van der Waals surface area contributed by atoms with E-state index in [0.29, 0.717) is 12.6 Å². The summed E-state index contributed by atoms with van der Waals surface area (Å²) in [7, 11) is 1.68. The highest BCUT2D eigenvalue weighted by atomic mass is 16.5. The molecule has 0 radical (unpaired) electrons. The number of methoxy groups -OCH3 is 1. The summed E-state index contributed by atoms with van der Waals surface area (Å²) in [6, 6.07) is 12.3. The number of nitrogens with one attached hydrogen (secondary N) is 1. The third-order valence-electron chi connectivity index (χ3n) is 5.52. The number of amides is 1. The minimum atomic E-state index is -0.359. The first-order valence-electron chi connectivity index (χ1n) is 9.55. The average Bonchev–Trinajstić information content (AvgIpc) is 3.36. The highest BCUT2D eigenvalue weighted by Gasteiger charge is 2.41. The van der Waals surface area contributed by atoms with Crippen molar-refractivity contribution in [2.24, 2.45) is 0 Å². The van der Waals surface area contributed by atoms with Gasteiger partial charge in [0.15, 0.2) is 0 Å². The maximum absolute atomic E-state index is 12.4. The molecule has 0 unspecified atom stereocenters. The first-order valence-corrected chi connectivity index (χ1v) is 9.55. The van der Waals surface area contributed by atoms with Gasteiger partial charge in [0.1, 0.15) is 17.6 Å². The molecule has 2 aliphatic heterocycles. The van der Waals surface area contributed by atoms with Crippen LogP contribution in [0.1, 0.15) is 30.6 Å².